The second kappa shape index (κ2) is 8.10. The quantitative estimate of drug-likeness (QED) is 0.837. The first-order valence-electron chi connectivity index (χ1n) is 7.79. The van der Waals surface area contributed by atoms with Gasteiger partial charge in [-0.1, -0.05) is 13.8 Å². The number of rotatable bonds is 6. The summed E-state index contributed by atoms with van der Waals surface area (Å²) in [5.41, 5.74) is 1.51. The second-order valence-corrected chi connectivity index (χ2v) is 7.52. The number of aromatic nitrogens is 1. The van der Waals surface area contributed by atoms with Gasteiger partial charge in [0.1, 0.15) is 5.76 Å². The van der Waals surface area contributed by atoms with Crippen LogP contribution in [0, 0.1) is 0 Å². The molecule has 0 aliphatic rings. The number of nitrogens with one attached hydrogen (secondary N) is 2. The fraction of sp³-hybridized carbons (Fsp3) is 0.412. The molecule has 0 bridgehead atoms. The van der Waals surface area contributed by atoms with Gasteiger partial charge in [0.2, 0.25) is 5.89 Å². The van der Waals surface area contributed by atoms with E-state index in [1.165, 1.54) is 0 Å². The Morgan fingerprint density at radius 2 is 1.92 bits per heavy atom. The minimum atomic E-state index is -0.944. The monoisotopic (exact) mass is 349 g/mol. The van der Waals surface area contributed by atoms with Crippen LogP contribution in [0.1, 0.15) is 32.4 Å². The summed E-state index contributed by atoms with van der Waals surface area (Å²) in [6, 6.07) is 6.79. The molecule has 2 unspecified atom stereocenters. The van der Waals surface area contributed by atoms with Gasteiger partial charge in [-0.05, 0) is 31.2 Å². The van der Waals surface area contributed by atoms with Crippen molar-refractivity contribution in [3.8, 4) is 11.5 Å². The first kappa shape index (κ1) is 18.2. The standard InChI is InChI=1S/C17H23N3O3S/c1-11(2)15-9-18-16(23-15)13-5-7-14(8-6-13)20-17(21)19-12(3)10-24(4)22/h5-9,11-12H,10H2,1-4H3,(H2,19,20,21). The number of anilines is 1. The molecule has 24 heavy (non-hydrogen) atoms. The third-order valence-electron chi connectivity index (χ3n) is 3.34. The van der Waals surface area contributed by atoms with Gasteiger partial charge < -0.3 is 15.1 Å². The summed E-state index contributed by atoms with van der Waals surface area (Å²) in [6.07, 6.45) is 3.35. The van der Waals surface area contributed by atoms with Crippen LogP contribution in [0.3, 0.4) is 0 Å². The fourth-order valence-corrected chi connectivity index (χ4v) is 2.96. The first-order valence-corrected chi connectivity index (χ1v) is 9.51. The van der Waals surface area contributed by atoms with E-state index in [2.05, 4.69) is 15.6 Å². The highest BCUT2D eigenvalue weighted by molar-refractivity contribution is 7.84. The highest BCUT2D eigenvalue weighted by Crippen LogP contribution is 2.24. The molecule has 1 aromatic carbocycles. The first-order chi connectivity index (χ1) is 11.3. The van der Waals surface area contributed by atoms with Crippen LogP contribution >= 0.6 is 0 Å². The summed E-state index contributed by atoms with van der Waals surface area (Å²) in [7, 11) is -0.944. The third kappa shape index (κ3) is 5.19. The normalized spacial score (nSPS) is 13.5. The van der Waals surface area contributed by atoms with Crippen molar-refractivity contribution in [1.29, 1.82) is 0 Å². The molecule has 2 aromatic rings. The number of nitrogens with zero attached hydrogens (tertiary/aromatic N) is 1. The average Bonchev–Trinajstić information content (AvgIpc) is 2.96. The summed E-state index contributed by atoms with van der Waals surface area (Å²) in [6.45, 7) is 5.91. The lowest BCUT2D eigenvalue weighted by atomic mass is 10.2. The lowest BCUT2D eigenvalue weighted by molar-refractivity contribution is 0.250. The van der Waals surface area contributed by atoms with Gasteiger partial charge in [-0.25, -0.2) is 9.78 Å². The largest absolute Gasteiger partial charge is 0.441 e. The highest BCUT2D eigenvalue weighted by atomic mass is 32.2. The Morgan fingerprint density at radius 3 is 2.46 bits per heavy atom. The van der Waals surface area contributed by atoms with Crippen molar-refractivity contribution in [2.24, 2.45) is 0 Å². The SMILES string of the molecule is CC(CS(C)=O)NC(=O)Nc1ccc(-c2ncc(C(C)C)o2)cc1. The Balaban J connectivity index is 1.96. The van der Waals surface area contributed by atoms with Crippen molar-refractivity contribution in [2.75, 3.05) is 17.3 Å². The minimum Gasteiger partial charge on any atom is -0.441 e. The zero-order valence-corrected chi connectivity index (χ0v) is 15.1. The number of benzene rings is 1. The fourth-order valence-electron chi connectivity index (χ4n) is 2.17. The molecule has 7 heteroatoms. The molecule has 0 fully saturated rings. The number of urea groups is 1. The van der Waals surface area contributed by atoms with Crippen molar-refractivity contribution in [3.63, 3.8) is 0 Å². The zero-order chi connectivity index (χ0) is 17.7. The minimum absolute atomic E-state index is 0.156. The van der Waals surface area contributed by atoms with Gasteiger partial charge in [0.15, 0.2) is 0 Å². The van der Waals surface area contributed by atoms with E-state index in [1.54, 1.807) is 24.6 Å². The summed E-state index contributed by atoms with van der Waals surface area (Å²) in [5, 5.41) is 5.50. The molecule has 2 amide bonds. The molecule has 6 nitrogen and oxygen atoms in total. The molecular weight excluding hydrogens is 326 g/mol. The molecule has 0 saturated heterocycles. The predicted molar refractivity (Wildman–Crippen MR) is 96.6 cm³/mol. The van der Waals surface area contributed by atoms with Crippen LogP contribution in [0.5, 0.6) is 0 Å². The van der Waals surface area contributed by atoms with Crippen LogP contribution < -0.4 is 10.6 Å². The van der Waals surface area contributed by atoms with E-state index >= 15 is 0 Å². The number of hydrogen-bond donors (Lipinski definition) is 2. The summed E-state index contributed by atoms with van der Waals surface area (Å²) in [4.78, 5) is 16.2. The molecule has 130 valence electrons. The maximum Gasteiger partial charge on any atom is 0.319 e. The van der Waals surface area contributed by atoms with Gasteiger partial charge in [0, 0.05) is 46.0 Å². The van der Waals surface area contributed by atoms with Crippen molar-refractivity contribution in [3.05, 3.63) is 36.2 Å². The topological polar surface area (TPSA) is 84.2 Å². The van der Waals surface area contributed by atoms with Gasteiger partial charge in [-0.15, -0.1) is 0 Å². The number of oxazole rings is 1. The third-order valence-corrected chi connectivity index (χ3v) is 4.31. The number of amides is 2. The number of carbonyl (C=O) groups is 1. The van der Waals surface area contributed by atoms with Crippen LogP contribution in [-0.4, -0.2) is 33.3 Å². The van der Waals surface area contributed by atoms with Crippen LogP contribution in [0.15, 0.2) is 34.9 Å². The second-order valence-electron chi connectivity index (χ2n) is 6.04. The zero-order valence-electron chi connectivity index (χ0n) is 14.3. The van der Waals surface area contributed by atoms with E-state index in [-0.39, 0.29) is 18.0 Å². The van der Waals surface area contributed by atoms with E-state index in [4.69, 9.17) is 4.42 Å². The summed E-state index contributed by atoms with van der Waals surface area (Å²) in [5.74, 6) is 2.12. The van der Waals surface area contributed by atoms with Crippen molar-refractivity contribution >= 4 is 22.5 Å². The van der Waals surface area contributed by atoms with E-state index in [9.17, 15) is 9.00 Å². The molecule has 0 spiro atoms. The smallest absolute Gasteiger partial charge is 0.319 e. The Kier molecular flexibility index (Phi) is 6.14. The molecule has 1 heterocycles. The lowest BCUT2D eigenvalue weighted by Gasteiger charge is -2.13. The molecule has 2 rings (SSSR count). The molecule has 0 saturated carbocycles. The van der Waals surface area contributed by atoms with Crippen LogP contribution in [0.25, 0.3) is 11.5 Å². The maximum absolute atomic E-state index is 11.9. The van der Waals surface area contributed by atoms with Crippen molar-refractivity contribution in [2.45, 2.75) is 32.7 Å². The lowest BCUT2D eigenvalue weighted by Crippen LogP contribution is -2.39. The predicted octanol–water partition coefficient (Wildman–Crippen LogP) is 3.35. The van der Waals surface area contributed by atoms with Gasteiger partial charge >= 0.3 is 6.03 Å². The summed E-state index contributed by atoms with van der Waals surface area (Å²) >= 11 is 0. The van der Waals surface area contributed by atoms with Gasteiger partial charge in [-0.2, -0.15) is 0 Å². The molecule has 2 atom stereocenters. The number of hydrogen-bond acceptors (Lipinski definition) is 4. The Labute approximate surface area is 144 Å². The van der Waals surface area contributed by atoms with Crippen LogP contribution in [-0.2, 0) is 10.8 Å². The van der Waals surface area contributed by atoms with Crippen LogP contribution in [0.2, 0.25) is 0 Å². The molecule has 0 aliphatic carbocycles. The van der Waals surface area contributed by atoms with E-state index in [1.807, 2.05) is 32.9 Å². The molecule has 2 N–H and O–H groups in total. The average molecular weight is 349 g/mol. The molecule has 0 aliphatic heterocycles. The van der Waals surface area contributed by atoms with Gasteiger partial charge in [0.05, 0.1) is 6.20 Å². The van der Waals surface area contributed by atoms with Crippen molar-refractivity contribution in [1.82, 2.24) is 10.3 Å². The molecule has 0 radical (unpaired) electrons. The van der Waals surface area contributed by atoms with E-state index < -0.39 is 10.8 Å². The van der Waals surface area contributed by atoms with E-state index in [0.29, 0.717) is 17.3 Å². The number of carbonyl (C=O) groups excluding carboxylic acids is 1. The highest BCUT2D eigenvalue weighted by Gasteiger charge is 2.11. The molecule has 1 aromatic heterocycles. The summed E-state index contributed by atoms with van der Waals surface area (Å²) < 4.78 is 16.8. The van der Waals surface area contributed by atoms with E-state index in [0.717, 1.165) is 11.3 Å². The Morgan fingerprint density at radius 1 is 1.25 bits per heavy atom. The Bertz CT molecular complexity index is 710. The molecular formula is C17H23N3O3S. The van der Waals surface area contributed by atoms with Crippen LogP contribution in [0.4, 0.5) is 10.5 Å². The van der Waals surface area contributed by atoms with Gasteiger partial charge in [-0.3, -0.25) is 4.21 Å². The Hall–Kier alpha value is -2.15. The maximum atomic E-state index is 11.9. The van der Waals surface area contributed by atoms with Gasteiger partial charge in [0.25, 0.3) is 0 Å². The van der Waals surface area contributed by atoms with Crippen molar-refractivity contribution < 1.29 is 13.4 Å².